The molecule has 0 aliphatic carbocycles. The minimum atomic E-state index is -0.137. The zero-order valence-electron chi connectivity index (χ0n) is 16.3. The van der Waals surface area contributed by atoms with Gasteiger partial charge in [-0.1, -0.05) is 47.7 Å². The van der Waals surface area contributed by atoms with Crippen molar-refractivity contribution in [3.63, 3.8) is 0 Å². The molecule has 0 atom stereocenters. The maximum absolute atomic E-state index is 12.7. The molecular weight excluding hydrogens is 420 g/mol. The van der Waals surface area contributed by atoms with Gasteiger partial charge in [0.2, 0.25) is 12.7 Å². The number of ether oxygens (including phenoxy) is 2. The third-order valence-electron chi connectivity index (χ3n) is 4.69. The number of rotatable bonds is 6. The third-order valence-corrected chi connectivity index (χ3v) is 6.07. The summed E-state index contributed by atoms with van der Waals surface area (Å²) in [5.41, 5.74) is 2.75. The van der Waals surface area contributed by atoms with E-state index in [0.717, 1.165) is 16.8 Å². The second kappa shape index (κ2) is 8.89. The summed E-state index contributed by atoms with van der Waals surface area (Å²) < 4.78 is 11.2. The summed E-state index contributed by atoms with van der Waals surface area (Å²) in [6.07, 6.45) is 2.64. The molecule has 30 heavy (non-hydrogen) atoms. The molecule has 8 heteroatoms. The molecule has 2 aromatic rings. The predicted molar refractivity (Wildman–Crippen MR) is 121 cm³/mol. The highest BCUT2D eigenvalue weighted by molar-refractivity contribution is 8.26. The first kappa shape index (κ1) is 20.4. The van der Waals surface area contributed by atoms with Crippen molar-refractivity contribution in [3.8, 4) is 11.5 Å². The number of hydrogen-bond acceptors (Lipinski definition) is 6. The van der Waals surface area contributed by atoms with Crippen molar-refractivity contribution in [1.29, 1.82) is 0 Å². The van der Waals surface area contributed by atoms with Crippen molar-refractivity contribution in [1.82, 2.24) is 4.90 Å². The quantitative estimate of drug-likeness (QED) is 0.532. The monoisotopic (exact) mass is 440 g/mol. The Morgan fingerprint density at radius 3 is 2.77 bits per heavy atom. The van der Waals surface area contributed by atoms with Gasteiger partial charge in [0.25, 0.3) is 5.91 Å². The van der Waals surface area contributed by atoms with Crippen molar-refractivity contribution < 1.29 is 19.1 Å². The van der Waals surface area contributed by atoms with E-state index in [9.17, 15) is 9.59 Å². The van der Waals surface area contributed by atoms with Crippen molar-refractivity contribution >= 4 is 51.9 Å². The van der Waals surface area contributed by atoms with Gasteiger partial charge in [-0.25, -0.2) is 0 Å². The molecule has 1 N–H and O–H groups in total. The van der Waals surface area contributed by atoms with Gasteiger partial charge in [0.05, 0.1) is 4.91 Å². The highest BCUT2D eigenvalue weighted by Crippen LogP contribution is 2.36. The van der Waals surface area contributed by atoms with Crippen LogP contribution < -0.4 is 14.8 Å². The number of nitrogens with one attached hydrogen (secondary N) is 1. The van der Waals surface area contributed by atoms with Crippen LogP contribution in [0.2, 0.25) is 0 Å². The molecule has 1 saturated heterocycles. The fourth-order valence-corrected chi connectivity index (χ4v) is 4.41. The Bertz CT molecular complexity index is 1030. The second-order valence-corrected chi connectivity index (χ2v) is 8.64. The van der Waals surface area contributed by atoms with Gasteiger partial charge in [-0.3, -0.25) is 14.5 Å². The molecule has 2 aromatic carbocycles. The van der Waals surface area contributed by atoms with E-state index in [-0.39, 0.29) is 18.6 Å². The van der Waals surface area contributed by atoms with Gasteiger partial charge in [-0.15, -0.1) is 0 Å². The zero-order valence-corrected chi connectivity index (χ0v) is 18.0. The van der Waals surface area contributed by atoms with Gasteiger partial charge in [0.1, 0.15) is 4.32 Å². The van der Waals surface area contributed by atoms with Gasteiger partial charge >= 0.3 is 0 Å². The van der Waals surface area contributed by atoms with Crippen LogP contribution in [0.4, 0.5) is 5.69 Å². The van der Waals surface area contributed by atoms with Crippen LogP contribution in [0.1, 0.15) is 24.0 Å². The number of anilines is 1. The number of amides is 2. The van der Waals surface area contributed by atoms with Crippen molar-refractivity contribution in [3.05, 3.63) is 58.5 Å². The number of nitrogens with zero attached hydrogens (tertiary/aromatic N) is 1. The van der Waals surface area contributed by atoms with E-state index >= 15 is 0 Å². The number of thioether (sulfide) groups is 1. The lowest BCUT2D eigenvalue weighted by Crippen LogP contribution is -2.29. The Balaban J connectivity index is 1.32. The lowest BCUT2D eigenvalue weighted by Gasteiger charge is -2.14. The molecule has 1 fully saturated rings. The van der Waals surface area contributed by atoms with Crippen LogP contribution in [0.5, 0.6) is 11.5 Å². The normalized spacial score (nSPS) is 16.4. The zero-order chi connectivity index (χ0) is 21.1. The summed E-state index contributed by atoms with van der Waals surface area (Å²) in [6.45, 7) is 2.61. The molecule has 0 spiro atoms. The SMILES string of the molecule is Cc1ccc(NC(=O)CCCN2C(=O)C(=Cc3ccc4c(c3)OCO4)SC2=S)cc1. The standard InChI is InChI=1S/C22H20N2O4S2/c1-14-4-7-16(8-5-14)23-20(25)3-2-10-24-21(26)19(30-22(24)29)12-15-6-9-17-18(11-15)28-13-27-17/h4-9,11-12H,2-3,10,13H2,1H3,(H,23,25). The second-order valence-electron chi connectivity index (χ2n) is 6.96. The Morgan fingerprint density at radius 2 is 1.97 bits per heavy atom. The van der Waals surface area contributed by atoms with E-state index in [4.69, 9.17) is 21.7 Å². The molecule has 0 saturated carbocycles. The Morgan fingerprint density at radius 1 is 1.20 bits per heavy atom. The molecule has 2 aliphatic heterocycles. The van der Waals surface area contributed by atoms with Crippen LogP contribution in [-0.2, 0) is 9.59 Å². The van der Waals surface area contributed by atoms with Crippen molar-refractivity contribution in [2.45, 2.75) is 19.8 Å². The molecule has 0 radical (unpaired) electrons. The summed E-state index contributed by atoms with van der Waals surface area (Å²) >= 11 is 6.64. The smallest absolute Gasteiger partial charge is 0.266 e. The summed E-state index contributed by atoms with van der Waals surface area (Å²) in [5.74, 6) is 1.14. The van der Waals surface area contributed by atoms with E-state index in [0.29, 0.717) is 40.1 Å². The summed E-state index contributed by atoms with van der Waals surface area (Å²) in [4.78, 5) is 27.0. The molecule has 0 unspecified atom stereocenters. The van der Waals surface area contributed by atoms with Crippen LogP contribution in [0, 0.1) is 6.92 Å². The number of carbonyl (C=O) groups is 2. The minimum Gasteiger partial charge on any atom is -0.454 e. The van der Waals surface area contributed by atoms with Gasteiger partial charge < -0.3 is 14.8 Å². The van der Waals surface area contributed by atoms with Crippen LogP contribution >= 0.6 is 24.0 Å². The van der Waals surface area contributed by atoms with Gasteiger partial charge in [-0.2, -0.15) is 0 Å². The lowest BCUT2D eigenvalue weighted by molar-refractivity contribution is -0.122. The molecular formula is C22H20N2O4S2. The van der Waals surface area contributed by atoms with Crippen LogP contribution in [0.3, 0.4) is 0 Å². The summed E-state index contributed by atoms with van der Waals surface area (Å²) in [7, 11) is 0. The lowest BCUT2D eigenvalue weighted by atomic mass is 10.2. The maximum Gasteiger partial charge on any atom is 0.266 e. The first-order chi connectivity index (χ1) is 14.5. The number of aryl methyl sites for hydroxylation is 1. The molecule has 0 bridgehead atoms. The Hall–Kier alpha value is -2.84. The molecule has 154 valence electrons. The van der Waals surface area contributed by atoms with Crippen LogP contribution in [0.25, 0.3) is 6.08 Å². The Labute approximate surface area is 184 Å². The van der Waals surface area contributed by atoms with Gasteiger partial charge in [-0.05, 0) is 49.2 Å². The fraction of sp³-hybridized carbons (Fsp3) is 0.227. The number of carbonyl (C=O) groups excluding carboxylic acids is 2. The molecule has 2 aliphatic rings. The van der Waals surface area contributed by atoms with Crippen LogP contribution in [-0.4, -0.2) is 34.4 Å². The largest absolute Gasteiger partial charge is 0.454 e. The average Bonchev–Trinajstić information content (AvgIpc) is 3.29. The topological polar surface area (TPSA) is 67.9 Å². The molecule has 6 nitrogen and oxygen atoms in total. The van der Waals surface area contributed by atoms with Crippen molar-refractivity contribution in [2.75, 3.05) is 18.7 Å². The van der Waals surface area contributed by atoms with E-state index < -0.39 is 0 Å². The summed E-state index contributed by atoms with van der Waals surface area (Å²) in [6, 6.07) is 13.2. The van der Waals surface area contributed by atoms with Gasteiger partial charge in [0, 0.05) is 18.7 Å². The average molecular weight is 441 g/mol. The summed E-state index contributed by atoms with van der Waals surface area (Å²) in [5, 5.41) is 2.86. The predicted octanol–water partition coefficient (Wildman–Crippen LogP) is 4.34. The first-order valence-electron chi connectivity index (χ1n) is 9.51. The third kappa shape index (κ3) is 4.66. The molecule has 4 rings (SSSR count). The molecule has 2 amide bonds. The van der Waals surface area contributed by atoms with E-state index in [2.05, 4.69) is 5.32 Å². The minimum absolute atomic E-state index is 0.0832. The highest BCUT2D eigenvalue weighted by atomic mass is 32.2. The van der Waals surface area contributed by atoms with Crippen LogP contribution in [0.15, 0.2) is 47.4 Å². The van der Waals surface area contributed by atoms with E-state index in [1.807, 2.05) is 49.4 Å². The first-order valence-corrected chi connectivity index (χ1v) is 10.7. The number of thiocarbonyl (C=S) groups is 1. The van der Waals surface area contributed by atoms with E-state index in [1.54, 1.807) is 11.0 Å². The van der Waals surface area contributed by atoms with E-state index in [1.165, 1.54) is 11.8 Å². The maximum atomic E-state index is 12.7. The molecule has 2 heterocycles. The van der Waals surface area contributed by atoms with Crippen molar-refractivity contribution in [2.24, 2.45) is 0 Å². The highest BCUT2D eigenvalue weighted by Gasteiger charge is 2.31. The number of benzene rings is 2. The number of hydrogen-bond donors (Lipinski definition) is 1. The van der Waals surface area contributed by atoms with Gasteiger partial charge in [0.15, 0.2) is 11.5 Å². The Kier molecular flexibility index (Phi) is 6.06. The molecule has 0 aromatic heterocycles. The fourth-order valence-electron chi connectivity index (χ4n) is 3.11. The number of fused-ring (bicyclic) bond motifs is 1.